The number of carbonyl (C=O) groups is 1. The lowest BCUT2D eigenvalue weighted by atomic mass is 10.0. The molecule has 0 radical (unpaired) electrons. The minimum Gasteiger partial charge on any atom is -0.366 e. The molecule has 0 saturated heterocycles. The van der Waals surface area contributed by atoms with Crippen LogP contribution in [0, 0.1) is 0 Å². The van der Waals surface area contributed by atoms with Gasteiger partial charge in [0, 0.05) is 5.39 Å². The lowest BCUT2D eigenvalue weighted by molar-refractivity contribution is 0.100. The number of rotatable bonds is 2. The van der Waals surface area contributed by atoms with Crippen molar-refractivity contribution in [1.82, 2.24) is 4.98 Å². The molecule has 1 aromatic heterocycles. The average Bonchev–Trinajstić information content (AvgIpc) is 2.95. The second kappa shape index (κ2) is 5.36. The molecule has 112 valence electrons. The SMILES string of the molecule is NC(=O)c1c2c(nc3ccccc13)C(=Cc1ccccc1)CC2. The molecular formula is C20H16N2O. The number of fused-ring (bicyclic) bond motifs is 2. The van der Waals surface area contributed by atoms with Gasteiger partial charge in [-0.1, -0.05) is 48.5 Å². The molecule has 1 heterocycles. The van der Waals surface area contributed by atoms with Crippen LogP contribution in [0.1, 0.15) is 33.6 Å². The van der Waals surface area contributed by atoms with Gasteiger partial charge in [0.1, 0.15) is 0 Å². The number of hydrogen-bond acceptors (Lipinski definition) is 2. The Kier molecular flexibility index (Phi) is 3.19. The van der Waals surface area contributed by atoms with Crippen LogP contribution < -0.4 is 5.73 Å². The van der Waals surface area contributed by atoms with E-state index in [1.807, 2.05) is 42.5 Å². The molecule has 2 N–H and O–H groups in total. The molecule has 0 saturated carbocycles. The molecule has 2 aromatic carbocycles. The quantitative estimate of drug-likeness (QED) is 0.782. The Hall–Kier alpha value is -2.94. The first-order chi connectivity index (χ1) is 11.2. The molecule has 23 heavy (non-hydrogen) atoms. The van der Waals surface area contributed by atoms with Crippen LogP contribution in [0.15, 0.2) is 54.6 Å². The summed E-state index contributed by atoms with van der Waals surface area (Å²) >= 11 is 0. The lowest BCUT2D eigenvalue weighted by Gasteiger charge is -2.09. The summed E-state index contributed by atoms with van der Waals surface area (Å²) < 4.78 is 0. The third kappa shape index (κ3) is 2.30. The zero-order chi connectivity index (χ0) is 15.8. The first-order valence-corrected chi connectivity index (χ1v) is 7.71. The standard InChI is InChI=1S/C20H16N2O/c21-20(23)18-15-8-4-5-9-17(15)22-19-14(10-11-16(18)19)12-13-6-2-1-3-7-13/h1-9,12H,10-11H2,(H2,21,23). The smallest absolute Gasteiger partial charge is 0.249 e. The monoisotopic (exact) mass is 300 g/mol. The number of nitrogens with zero attached hydrogens (tertiary/aromatic N) is 1. The number of para-hydroxylation sites is 1. The Morgan fingerprint density at radius 1 is 1.00 bits per heavy atom. The van der Waals surface area contributed by atoms with E-state index in [2.05, 4.69) is 18.2 Å². The highest BCUT2D eigenvalue weighted by Crippen LogP contribution is 2.37. The molecule has 0 spiro atoms. The van der Waals surface area contributed by atoms with Crippen LogP contribution >= 0.6 is 0 Å². The van der Waals surface area contributed by atoms with Gasteiger partial charge < -0.3 is 5.73 Å². The maximum Gasteiger partial charge on any atom is 0.249 e. The van der Waals surface area contributed by atoms with E-state index in [0.717, 1.165) is 40.6 Å². The largest absolute Gasteiger partial charge is 0.366 e. The highest BCUT2D eigenvalue weighted by molar-refractivity contribution is 6.08. The highest BCUT2D eigenvalue weighted by Gasteiger charge is 2.25. The molecule has 0 atom stereocenters. The molecule has 3 nitrogen and oxygen atoms in total. The van der Waals surface area contributed by atoms with Crippen molar-refractivity contribution in [3.63, 3.8) is 0 Å². The fourth-order valence-corrected chi connectivity index (χ4v) is 3.31. The topological polar surface area (TPSA) is 56.0 Å². The molecule has 0 bridgehead atoms. The van der Waals surface area contributed by atoms with Gasteiger partial charge in [-0.2, -0.15) is 0 Å². The lowest BCUT2D eigenvalue weighted by Crippen LogP contribution is -2.15. The minimum absolute atomic E-state index is 0.374. The number of primary amides is 1. The summed E-state index contributed by atoms with van der Waals surface area (Å²) in [6.07, 6.45) is 3.84. The van der Waals surface area contributed by atoms with Crippen molar-refractivity contribution >= 4 is 28.5 Å². The Balaban J connectivity index is 1.96. The number of pyridine rings is 1. The molecule has 0 fully saturated rings. The maximum atomic E-state index is 12.0. The molecule has 0 unspecified atom stereocenters. The Morgan fingerprint density at radius 2 is 1.74 bits per heavy atom. The molecule has 0 aliphatic heterocycles. The van der Waals surface area contributed by atoms with Crippen molar-refractivity contribution < 1.29 is 4.79 Å². The first kappa shape index (κ1) is 13.7. The van der Waals surface area contributed by atoms with E-state index in [9.17, 15) is 4.79 Å². The molecule has 1 aliphatic carbocycles. The van der Waals surface area contributed by atoms with Crippen LogP contribution in [0.5, 0.6) is 0 Å². The zero-order valence-corrected chi connectivity index (χ0v) is 12.6. The summed E-state index contributed by atoms with van der Waals surface area (Å²) in [4.78, 5) is 16.8. The van der Waals surface area contributed by atoms with Crippen LogP contribution in [0.2, 0.25) is 0 Å². The van der Waals surface area contributed by atoms with Crippen LogP contribution in [0.3, 0.4) is 0 Å². The van der Waals surface area contributed by atoms with E-state index in [1.54, 1.807) is 0 Å². The third-order valence-corrected chi connectivity index (χ3v) is 4.33. The number of nitrogens with two attached hydrogens (primary N) is 1. The van der Waals surface area contributed by atoms with Gasteiger partial charge in [-0.25, -0.2) is 4.98 Å². The number of hydrogen-bond donors (Lipinski definition) is 1. The third-order valence-electron chi connectivity index (χ3n) is 4.33. The van der Waals surface area contributed by atoms with Crippen LogP contribution in [0.25, 0.3) is 22.6 Å². The van der Waals surface area contributed by atoms with E-state index in [0.29, 0.717) is 5.56 Å². The van der Waals surface area contributed by atoms with E-state index in [1.165, 1.54) is 5.57 Å². The minimum atomic E-state index is -0.374. The van der Waals surface area contributed by atoms with Gasteiger partial charge in [0.25, 0.3) is 0 Å². The predicted molar refractivity (Wildman–Crippen MR) is 92.9 cm³/mol. The van der Waals surface area contributed by atoms with E-state index in [-0.39, 0.29) is 5.91 Å². The molecule has 3 heteroatoms. The van der Waals surface area contributed by atoms with Crippen molar-refractivity contribution in [2.75, 3.05) is 0 Å². The second-order valence-corrected chi connectivity index (χ2v) is 5.78. The second-order valence-electron chi connectivity index (χ2n) is 5.78. The van der Waals surface area contributed by atoms with Crippen LogP contribution in [-0.4, -0.2) is 10.9 Å². The normalized spacial score (nSPS) is 15.0. The molecule has 3 aromatic rings. The number of allylic oxidation sites excluding steroid dienone is 1. The van der Waals surface area contributed by atoms with Gasteiger partial charge in [-0.05, 0) is 41.7 Å². The summed E-state index contributed by atoms with van der Waals surface area (Å²) in [6.45, 7) is 0. The first-order valence-electron chi connectivity index (χ1n) is 7.71. The van der Waals surface area contributed by atoms with Gasteiger partial charge in [0.05, 0.1) is 16.8 Å². The summed E-state index contributed by atoms with van der Waals surface area (Å²) in [7, 11) is 0. The number of carbonyl (C=O) groups excluding carboxylic acids is 1. The number of aromatic nitrogens is 1. The van der Waals surface area contributed by atoms with Crippen molar-refractivity contribution in [1.29, 1.82) is 0 Å². The van der Waals surface area contributed by atoms with Crippen molar-refractivity contribution in [2.45, 2.75) is 12.8 Å². The molecule has 4 rings (SSSR count). The summed E-state index contributed by atoms with van der Waals surface area (Å²) in [5, 5.41) is 0.847. The predicted octanol–water partition coefficient (Wildman–Crippen LogP) is 3.82. The average molecular weight is 300 g/mol. The Labute approximate surface area is 134 Å². The summed E-state index contributed by atoms with van der Waals surface area (Å²) in [6, 6.07) is 17.9. The van der Waals surface area contributed by atoms with Crippen LogP contribution in [-0.2, 0) is 6.42 Å². The van der Waals surface area contributed by atoms with Gasteiger partial charge >= 0.3 is 0 Å². The number of amides is 1. The van der Waals surface area contributed by atoms with E-state index >= 15 is 0 Å². The van der Waals surface area contributed by atoms with E-state index in [4.69, 9.17) is 10.7 Å². The highest BCUT2D eigenvalue weighted by atomic mass is 16.1. The molecular weight excluding hydrogens is 284 g/mol. The fourth-order valence-electron chi connectivity index (χ4n) is 3.31. The van der Waals surface area contributed by atoms with Crippen LogP contribution in [0.4, 0.5) is 0 Å². The molecule has 1 amide bonds. The zero-order valence-electron chi connectivity index (χ0n) is 12.6. The van der Waals surface area contributed by atoms with Gasteiger partial charge in [0.2, 0.25) is 5.91 Å². The number of benzene rings is 2. The van der Waals surface area contributed by atoms with Gasteiger partial charge in [-0.15, -0.1) is 0 Å². The Bertz CT molecular complexity index is 943. The van der Waals surface area contributed by atoms with Gasteiger partial charge in [0.15, 0.2) is 0 Å². The van der Waals surface area contributed by atoms with Gasteiger partial charge in [-0.3, -0.25) is 4.79 Å². The fraction of sp³-hybridized carbons (Fsp3) is 0.100. The van der Waals surface area contributed by atoms with Crippen molar-refractivity contribution in [3.8, 4) is 0 Å². The van der Waals surface area contributed by atoms with Crippen molar-refractivity contribution in [2.24, 2.45) is 5.73 Å². The summed E-state index contributed by atoms with van der Waals surface area (Å²) in [5.41, 5.74) is 11.3. The Morgan fingerprint density at radius 3 is 2.52 bits per heavy atom. The van der Waals surface area contributed by atoms with E-state index < -0.39 is 0 Å². The maximum absolute atomic E-state index is 12.0. The summed E-state index contributed by atoms with van der Waals surface area (Å²) in [5.74, 6) is -0.374. The van der Waals surface area contributed by atoms with Crippen molar-refractivity contribution in [3.05, 3.63) is 77.0 Å². The molecule has 1 aliphatic rings.